The fraction of sp³-hybridized carbons (Fsp3) is 0.346. The van der Waals surface area contributed by atoms with Crippen LogP contribution in [-0.2, 0) is 6.54 Å². The fourth-order valence-corrected chi connectivity index (χ4v) is 4.85. The number of nitrogens with zero attached hydrogens (tertiary/aromatic N) is 3. The highest BCUT2D eigenvalue weighted by Crippen LogP contribution is 2.38. The number of rotatable bonds is 6. The number of nitrogens with two attached hydrogens (primary N) is 1. The molecule has 2 aliphatic carbocycles. The molecule has 0 unspecified atom stereocenters. The van der Waals surface area contributed by atoms with E-state index in [1.807, 2.05) is 12.1 Å². The molecule has 0 atom stereocenters. The monoisotopic (exact) mass is 410 g/mol. The first-order chi connectivity index (χ1) is 15.2. The predicted octanol–water partition coefficient (Wildman–Crippen LogP) is 5.62. The topological polar surface area (TPSA) is 73.8 Å². The van der Waals surface area contributed by atoms with Crippen LogP contribution in [0.3, 0.4) is 0 Å². The molecule has 156 valence electrons. The molecule has 4 aromatic rings. The number of hydrogen-bond acceptors (Lipinski definition) is 4. The quantitative estimate of drug-likeness (QED) is 0.419. The van der Waals surface area contributed by atoms with Gasteiger partial charge in [0.05, 0.1) is 5.39 Å². The predicted molar refractivity (Wildman–Crippen MR) is 124 cm³/mol. The zero-order valence-electron chi connectivity index (χ0n) is 17.6. The summed E-state index contributed by atoms with van der Waals surface area (Å²) in [6.07, 6.45) is 10.7. The van der Waals surface area contributed by atoms with Gasteiger partial charge in [0, 0.05) is 30.3 Å². The largest absolute Gasteiger partial charge is 0.383 e. The Morgan fingerprint density at radius 3 is 2.71 bits per heavy atom. The number of fused-ring (bicyclic) bond motifs is 2. The first kappa shape index (κ1) is 18.6. The standard InChI is InChI=1S/C26H26N4O/c27-25-24-22(14-30(13-17-3-1-4-17)26(24)29-15-28-25)19-9-10-20-18(12-19)5-2-6-21(20)23(31)11-16-7-8-16/h2,5-6,9-10,12,14-17H,1,3-4,7-8,11,13H2,(H2,27,28,29). The highest BCUT2D eigenvalue weighted by Gasteiger charge is 2.26. The second kappa shape index (κ2) is 7.19. The SMILES string of the molecule is Nc1ncnc2c1c(-c1ccc3c(C(=O)CC4CC4)cccc3c1)cn2CC1CCC1. The Balaban J connectivity index is 1.45. The molecular formula is C26H26N4O. The van der Waals surface area contributed by atoms with Crippen LogP contribution in [0.15, 0.2) is 48.9 Å². The maximum atomic E-state index is 12.8. The Kier molecular flexibility index (Phi) is 4.30. The summed E-state index contributed by atoms with van der Waals surface area (Å²) in [7, 11) is 0. The molecule has 2 fully saturated rings. The summed E-state index contributed by atoms with van der Waals surface area (Å²) in [5.41, 5.74) is 10.2. The van der Waals surface area contributed by atoms with E-state index >= 15 is 0 Å². The molecule has 0 bridgehead atoms. The molecule has 0 radical (unpaired) electrons. The van der Waals surface area contributed by atoms with Gasteiger partial charge in [0.1, 0.15) is 17.8 Å². The highest BCUT2D eigenvalue weighted by atomic mass is 16.1. The van der Waals surface area contributed by atoms with Crippen LogP contribution in [0, 0.1) is 11.8 Å². The Hall–Kier alpha value is -3.21. The molecule has 0 amide bonds. The van der Waals surface area contributed by atoms with E-state index in [9.17, 15) is 4.79 Å². The summed E-state index contributed by atoms with van der Waals surface area (Å²) in [5, 5.41) is 3.02. The lowest BCUT2D eigenvalue weighted by molar-refractivity contribution is 0.0977. The van der Waals surface area contributed by atoms with E-state index in [-0.39, 0.29) is 5.78 Å². The summed E-state index contributed by atoms with van der Waals surface area (Å²) in [4.78, 5) is 21.6. The van der Waals surface area contributed by atoms with Gasteiger partial charge in [0.25, 0.3) is 0 Å². The molecule has 2 N–H and O–H groups in total. The second-order valence-electron chi connectivity index (χ2n) is 9.26. The number of Topliss-reactive ketones (excluding diaryl/α,β-unsaturated/α-hetero) is 1. The van der Waals surface area contributed by atoms with E-state index in [4.69, 9.17) is 5.73 Å². The Morgan fingerprint density at radius 1 is 1.06 bits per heavy atom. The molecule has 2 aromatic carbocycles. The third kappa shape index (κ3) is 3.29. The Labute approximate surface area is 181 Å². The number of benzene rings is 2. The molecule has 5 nitrogen and oxygen atoms in total. The average molecular weight is 411 g/mol. The van der Waals surface area contributed by atoms with Gasteiger partial charge in [-0.3, -0.25) is 4.79 Å². The van der Waals surface area contributed by atoms with Crippen molar-refractivity contribution in [3.63, 3.8) is 0 Å². The van der Waals surface area contributed by atoms with Crippen LogP contribution in [0.5, 0.6) is 0 Å². The molecule has 2 aliphatic rings. The minimum Gasteiger partial charge on any atom is -0.383 e. The summed E-state index contributed by atoms with van der Waals surface area (Å²) in [6, 6.07) is 12.4. The number of ketones is 1. The van der Waals surface area contributed by atoms with E-state index in [2.05, 4.69) is 45.0 Å². The van der Waals surface area contributed by atoms with Gasteiger partial charge in [-0.2, -0.15) is 0 Å². The van der Waals surface area contributed by atoms with Gasteiger partial charge in [-0.15, -0.1) is 0 Å². The van der Waals surface area contributed by atoms with E-state index in [1.165, 1.54) is 32.1 Å². The van der Waals surface area contributed by atoms with Crippen LogP contribution < -0.4 is 5.73 Å². The maximum absolute atomic E-state index is 12.8. The van der Waals surface area contributed by atoms with Crippen molar-refractivity contribution in [2.45, 2.75) is 45.1 Å². The third-order valence-electron chi connectivity index (χ3n) is 7.03. The molecule has 0 saturated heterocycles. The molecule has 2 saturated carbocycles. The summed E-state index contributed by atoms with van der Waals surface area (Å²) < 4.78 is 2.24. The smallest absolute Gasteiger partial charge is 0.163 e. The second-order valence-corrected chi connectivity index (χ2v) is 9.26. The van der Waals surface area contributed by atoms with Gasteiger partial charge in [0.15, 0.2) is 5.78 Å². The van der Waals surface area contributed by atoms with Crippen molar-refractivity contribution in [3.8, 4) is 11.1 Å². The zero-order chi connectivity index (χ0) is 20.9. The number of hydrogen-bond donors (Lipinski definition) is 1. The lowest BCUT2D eigenvalue weighted by atomic mass is 9.85. The van der Waals surface area contributed by atoms with Crippen LogP contribution in [0.2, 0.25) is 0 Å². The Bertz CT molecular complexity index is 1310. The Morgan fingerprint density at radius 2 is 1.94 bits per heavy atom. The molecule has 2 aromatic heterocycles. The van der Waals surface area contributed by atoms with Crippen molar-refractivity contribution in [2.75, 3.05) is 5.73 Å². The summed E-state index contributed by atoms with van der Waals surface area (Å²) >= 11 is 0. The molecular weight excluding hydrogens is 384 g/mol. The molecule has 0 spiro atoms. The molecule has 5 heteroatoms. The zero-order valence-corrected chi connectivity index (χ0v) is 17.6. The van der Waals surface area contributed by atoms with Crippen LogP contribution in [0.25, 0.3) is 32.9 Å². The van der Waals surface area contributed by atoms with E-state index in [1.54, 1.807) is 6.33 Å². The third-order valence-corrected chi connectivity index (χ3v) is 7.03. The highest BCUT2D eigenvalue weighted by molar-refractivity contribution is 6.10. The van der Waals surface area contributed by atoms with Crippen molar-refractivity contribution in [3.05, 3.63) is 54.5 Å². The van der Waals surface area contributed by atoms with E-state index < -0.39 is 0 Å². The van der Waals surface area contributed by atoms with Gasteiger partial charge < -0.3 is 10.3 Å². The van der Waals surface area contributed by atoms with Gasteiger partial charge >= 0.3 is 0 Å². The van der Waals surface area contributed by atoms with Crippen molar-refractivity contribution in [1.82, 2.24) is 14.5 Å². The molecule has 31 heavy (non-hydrogen) atoms. The summed E-state index contributed by atoms with van der Waals surface area (Å²) in [5.74, 6) is 2.08. The van der Waals surface area contributed by atoms with Gasteiger partial charge in [-0.05, 0) is 59.9 Å². The number of aromatic nitrogens is 3. The van der Waals surface area contributed by atoms with E-state index in [0.29, 0.717) is 18.2 Å². The minimum absolute atomic E-state index is 0.260. The molecule has 2 heterocycles. The van der Waals surface area contributed by atoms with Crippen molar-refractivity contribution >= 4 is 33.4 Å². The number of carbonyl (C=O) groups is 1. The maximum Gasteiger partial charge on any atom is 0.163 e. The van der Waals surface area contributed by atoms with Crippen molar-refractivity contribution in [1.29, 1.82) is 0 Å². The molecule has 6 rings (SSSR count). The fourth-order valence-electron chi connectivity index (χ4n) is 4.85. The first-order valence-corrected chi connectivity index (χ1v) is 11.3. The number of anilines is 1. The lowest BCUT2D eigenvalue weighted by Gasteiger charge is -2.25. The van der Waals surface area contributed by atoms with Crippen LogP contribution in [-0.4, -0.2) is 20.3 Å². The lowest BCUT2D eigenvalue weighted by Crippen LogP contribution is -2.17. The van der Waals surface area contributed by atoms with Gasteiger partial charge in [0.2, 0.25) is 0 Å². The minimum atomic E-state index is 0.260. The normalized spacial score (nSPS) is 16.6. The van der Waals surface area contributed by atoms with Crippen molar-refractivity contribution in [2.24, 2.45) is 11.8 Å². The van der Waals surface area contributed by atoms with E-state index in [0.717, 1.165) is 51.0 Å². The average Bonchev–Trinajstić information content (AvgIpc) is 3.48. The van der Waals surface area contributed by atoms with Crippen LogP contribution in [0.1, 0.15) is 48.9 Å². The molecule has 0 aliphatic heterocycles. The van der Waals surface area contributed by atoms with Crippen molar-refractivity contribution < 1.29 is 4.79 Å². The van der Waals surface area contributed by atoms with Crippen LogP contribution >= 0.6 is 0 Å². The number of nitrogen functional groups attached to an aromatic ring is 1. The van der Waals surface area contributed by atoms with Gasteiger partial charge in [-0.25, -0.2) is 9.97 Å². The van der Waals surface area contributed by atoms with Gasteiger partial charge in [-0.1, -0.05) is 36.8 Å². The van der Waals surface area contributed by atoms with Crippen LogP contribution in [0.4, 0.5) is 5.82 Å². The summed E-state index contributed by atoms with van der Waals surface area (Å²) in [6.45, 7) is 0.973. The number of carbonyl (C=O) groups excluding carboxylic acids is 1. The first-order valence-electron chi connectivity index (χ1n) is 11.3.